The van der Waals surface area contributed by atoms with E-state index in [-0.39, 0.29) is 5.41 Å². The molecule has 6 aromatic carbocycles. The van der Waals surface area contributed by atoms with E-state index in [9.17, 15) is 0 Å². The van der Waals surface area contributed by atoms with Crippen LogP contribution in [0, 0.1) is 20.8 Å². The van der Waals surface area contributed by atoms with Crippen LogP contribution >= 0.6 is 0 Å². The topological polar surface area (TPSA) is 17.3 Å². The summed E-state index contributed by atoms with van der Waals surface area (Å²) in [4.78, 5) is 5.13. The summed E-state index contributed by atoms with van der Waals surface area (Å²) in [5, 5.41) is 2.52. The number of nitrogens with zero attached hydrogens (tertiary/aromatic N) is 2. The molecule has 2 nitrogen and oxygen atoms in total. The summed E-state index contributed by atoms with van der Waals surface area (Å²) in [7, 11) is 0. The van der Waals surface area contributed by atoms with E-state index in [4.69, 9.17) is 4.99 Å². The Kier molecular flexibility index (Phi) is 10.1. The van der Waals surface area contributed by atoms with Crippen molar-refractivity contribution in [3.63, 3.8) is 0 Å². The smallest absolute Gasteiger partial charge is 0.0682 e. The lowest BCUT2D eigenvalue weighted by molar-refractivity contribution is 0.738. The van der Waals surface area contributed by atoms with E-state index < -0.39 is 0 Å². The zero-order chi connectivity index (χ0) is 35.3. The second kappa shape index (κ2) is 14.8. The highest BCUT2D eigenvalue weighted by Gasteiger charge is 2.36. The van der Waals surface area contributed by atoms with E-state index in [2.05, 4.69) is 173 Å². The summed E-state index contributed by atoms with van der Waals surface area (Å²) in [6.07, 6.45) is 6.03. The van der Waals surface area contributed by atoms with Gasteiger partial charge in [0.15, 0.2) is 0 Å². The van der Waals surface area contributed by atoms with Gasteiger partial charge in [-0.15, -0.1) is 0 Å². The first-order chi connectivity index (χ1) is 24.2. The molecule has 2 heteroatoms. The maximum Gasteiger partial charge on any atom is 0.0682 e. The SMILES string of the molecule is C=Cc1ccc(C)cc1/C=C\C.Cc1ccc(-n2c3ccccc3c3cc4c(cc32)C(C)(C)C(c2ccccc2)=N4)cc1.Cc1ccccc1. The normalized spacial score (nSPS) is 12.9. The zero-order valence-corrected chi connectivity index (χ0v) is 30.1. The fraction of sp³-hybridized carbons (Fsp3) is 0.146. The molecule has 8 rings (SSSR count). The van der Waals surface area contributed by atoms with E-state index in [1.807, 2.05) is 37.3 Å². The Morgan fingerprint density at radius 3 is 1.86 bits per heavy atom. The van der Waals surface area contributed by atoms with Crippen LogP contribution in [0.15, 0.2) is 157 Å². The van der Waals surface area contributed by atoms with Crippen molar-refractivity contribution in [3.8, 4) is 5.69 Å². The Labute approximate surface area is 297 Å². The Bertz CT molecular complexity index is 2320. The molecule has 0 unspecified atom stereocenters. The molecular weight excluding hydrogens is 605 g/mol. The van der Waals surface area contributed by atoms with E-state index in [1.165, 1.54) is 66.4 Å². The Morgan fingerprint density at radius 2 is 1.22 bits per heavy atom. The lowest BCUT2D eigenvalue weighted by Crippen LogP contribution is -2.26. The minimum atomic E-state index is -0.153. The minimum Gasteiger partial charge on any atom is -0.309 e. The van der Waals surface area contributed by atoms with Gasteiger partial charge in [0.25, 0.3) is 0 Å². The monoisotopic (exact) mass is 650 g/mol. The van der Waals surface area contributed by atoms with Gasteiger partial charge in [0.2, 0.25) is 0 Å². The minimum absolute atomic E-state index is 0.153. The van der Waals surface area contributed by atoms with Crippen molar-refractivity contribution in [1.82, 2.24) is 4.57 Å². The number of para-hydroxylation sites is 1. The van der Waals surface area contributed by atoms with Gasteiger partial charge < -0.3 is 4.57 Å². The number of aryl methyl sites for hydroxylation is 3. The lowest BCUT2D eigenvalue weighted by atomic mass is 9.79. The lowest BCUT2D eigenvalue weighted by Gasteiger charge is -2.23. The Morgan fingerprint density at radius 1 is 0.600 bits per heavy atom. The molecule has 0 bridgehead atoms. The van der Waals surface area contributed by atoms with Crippen LogP contribution in [-0.2, 0) is 5.41 Å². The fourth-order valence-electron chi connectivity index (χ4n) is 6.72. The molecule has 0 atom stereocenters. The van der Waals surface area contributed by atoms with Crippen molar-refractivity contribution in [2.24, 2.45) is 4.99 Å². The van der Waals surface area contributed by atoms with Crippen molar-refractivity contribution in [2.45, 2.75) is 47.0 Å². The van der Waals surface area contributed by atoms with Gasteiger partial charge in [0.1, 0.15) is 0 Å². The molecule has 0 fully saturated rings. The molecule has 0 saturated carbocycles. The molecule has 0 aliphatic carbocycles. The first-order valence-electron chi connectivity index (χ1n) is 17.4. The van der Waals surface area contributed by atoms with E-state index in [1.54, 1.807) is 0 Å². The molecule has 0 amide bonds. The second-order valence-corrected chi connectivity index (χ2v) is 13.5. The summed E-state index contributed by atoms with van der Waals surface area (Å²) >= 11 is 0. The third-order valence-corrected chi connectivity index (χ3v) is 9.38. The largest absolute Gasteiger partial charge is 0.309 e. The van der Waals surface area contributed by atoms with Gasteiger partial charge in [-0.3, -0.25) is 4.99 Å². The number of hydrogen-bond donors (Lipinski definition) is 0. The molecular formula is C48H46N2. The molecule has 0 spiro atoms. The van der Waals surface area contributed by atoms with Gasteiger partial charge in [-0.1, -0.05) is 165 Å². The standard InChI is InChI=1S/C29H24N2.C12H14.C7H8/c1-19-13-15-21(16-14-19)31-26-12-8-7-11-22(26)23-17-25-24(18-27(23)31)29(2,3)28(30-25)20-9-5-4-6-10-20;1-4-6-12-9-10(3)7-8-11(12)5-2;1-7-5-3-2-4-6-7/h4-18H,1-3H3;4-9H,2H2,1,3H3;2-6H,1H3/b;6-4-;. The fourth-order valence-corrected chi connectivity index (χ4v) is 6.72. The average molecular weight is 651 g/mol. The van der Waals surface area contributed by atoms with Crippen LogP contribution in [0.2, 0.25) is 0 Å². The molecule has 50 heavy (non-hydrogen) atoms. The third kappa shape index (κ3) is 7.02. The summed E-state index contributed by atoms with van der Waals surface area (Å²) < 4.78 is 2.39. The highest BCUT2D eigenvalue weighted by Crippen LogP contribution is 2.46. The number of allylic oxidation sites excluding steroid dienone is 1. The van der Waals surface area contributed by atoms with Crippen LogP contribution in [0.25, 0.3) is 39.6 Å². The number of rotatable bonds is 4. The zero-order valence-electron chi connectivity index (χ0n) is 30.1. The third-order valence-electron chi connectivity index (χ3n) is 9.38. The van der Waals surface area contributed by atoms with E-state index in [0.29, 0.717) is 0 Å². The molecule has 1 aromatic heterocycles. The van der Waals surface area contributed by atoms with Gasteiger partial charge >= 0.3 is 0 Å². The number of aliphatic imine (C=N–C) groups is 1. The number of benzene rings is 6. The summed E-state index contributed by atoms with van der Waals surface area (Å²) in [5.41, 5.74) is 14.5. The first kappa shape index (κ1) is 34.1. The van der Waals surface area contributed by atoms with Crippen LogP contribution in [0.1, 0.15) is 59.7 Å². The molecule has 248 valence electrons. The van der Waals surface area contributed by atoms with Gasteiger partial charge in [0, 0.05) is 21.9 Å². The molecule has 1 aliphatic rings. The predicted molar refractivity (Wildman–Crippen MR) is 218 cm³/mol. The highest BCUT2D eigenvalue weighted by atomic mass is 15.0. The summed E-state index contributed by atoms with van der Waals surface area (Å²) in [6.45, 7) is 16.7. The summed E-state index contributed by atoms with van der Waals surface area (Å²) in [5.74, 6) is 0. The van der Waals surface area contributed by atoms with Crippen LogP contribution in [-0.4, -0.2) is 10.3 Å². The van der Waals surface area contributed by atoms with Gasteiger partial charge in [0.05, 0.1) is 22.4 Å². The van der Waals surface area contributed by atoms with E-state index >= 15 is 0 Å². The Balaban J connectivity index is 0.000000186. The number of aromatic nitrogens is 1. The molecule has 0 radical (unpaired) electrons. The van der Waals surface area contributed by atoms with Gasteiger partial charge in [-0.2, -0.15) is 0 Å². The first-order valence-corrected chi connectivity index (χ1v) is 17.4. The van der Waals surface area contributed by atoms with Crippen LogP contribution < -0.4 is 0 Å². The summed E-state index contributed by atoms with van der Waals surface area (Å²) in [6, 6.07) is 49.3. The van der Waals surface area contributed by atoms with Crippen LogP contribution in [0.3, 0.4) is 0 Å². The van der Waals surface area contributed by atoms with Crippen molar-refractivity contribution >= 4 is 45.4 Å². The van der Waals surface area contributed by atoms with Crippen molar-refractivity contribution in [3.05, 3.63) is 191 Å². The molecule has 7 aromatic rings. The number of fused-ring (bicyclic) bond motifs is 4. The van der Waals surface area contributed by atoms with Crippen molar-refractivity contribution in [1.29, 1.82) is 0 Å². The predicted octanol–water partition coefficient (Wildman–Crippen LogP) is 13.2. The van der Waals surface area contributed by atoms with Crippen LogP contribution in [0.4, 0.5) is 5.69 Å². The van der Waals surface area contributed by atoms with Crippen LogP contribution in [0.5, 0.6) is 0 Å². The second-order valence-electron chi connectivity index (χ2n) is 13.5. The highest BCUT2D eigenvalue weighted by molar-refractivity contribution is 6.16. The molecule has 2 heterocycles. The van der Waals surface area contributed by atoms with Gasteiger partial charge in [-0.05, 0) is 80.3 Å². The molecule has 1 aliphatic heterocycles. The quantitative estimate of drug-likeness (QED) is 0.180. The number of hydrogen-bond acceptors (Lipinski definition) is 1. The average Bonchev–Trinajstić information content (AvgIpc) is 3.59. The van der Waals surface area contributed by atoms with Gasteiger partial charge in [-0.25, -0.2) is 0 Å². The van der Waals surface area contributed by atoms with E-state index in [0.717, 1.165) is 11.4 Å². The maximum atomic E-state index is 5.13. The molecule has 0 N–H and O–H groups in total. The van der Waals surface area contributed by atoms with Crippen molar-refractivity contribution in [2.75, 3.05) is 0 Å². The Hall–Kier alpha value is -5.73. The maximum absolute atomic E-state index is 5.13. The molecule has 0 saturated heterocycles. The van der Waals surface area contributed by atoms with Crippen molar-refractivity contribution < 1.29 is 0 Å².